The molecule has 0 aliphatic rings. The maximum absolute atomic E-state index is 14.4. The minimum atomic E-state index is -4.29. The van der Waals surface area contributed by atoms with Crippen molar-refractivity contribution in [2.24, 2.45) is 0 Å². The minimum absolute atomic E-state index is 0.0734. The second-order valence-corrected chi connectivity index (χ2v) is 13.1. The van der Waals surface area contributed by atoms with E-state index in [0.29, 0.717) is 6.54 Å². The monoisotopic (exact) mass is 679 g/mol. The average Bonchev–Trinajstić information content (AvgIpc) is 3.03. The van der Waals surface area contributed by atoms with Crippen molar-refractivity contribution >= 4 is 43.5 Å². The smallest absolute Gasteiger partial charge is 0.264 e. The summed E-state index contributed by atoms with van der Waals surface area (Å²) in [6, 6.07) is 28.6. The van der Waals surface area contributed by atoms with Crippen LogP contribution in [-0.4, -0.2) is 44.3 Å². The summed E-state index contributed by atoms with van der Waals surface area (Å²) in [5.74, 6) is -1.46. The SMILES string of the molecule is CCCCNC(=O)[C@H](Cc1ccccc1)N(Cc1ccc(Br)cc1)C(=O)CN(c1ccccc1)S(=O)(=O)c1ccc(F)cc1. The summed E-state index contributed by atoms with van der Waals surface area (Å²) in [7, 11) is -4.29. The van der Waals surface area contributed by atoms with Crippen molar-refractivity contribution in [3.8, 4) is 0 Å². The molecule has 7 nitrogen and oxygen atoms in total. The molecule has 230 valence electrons. The standard InChI is InChI=1S/C34H35BrFN3O4S/c1-2-3-22-37-34(41)32(23-26-10-6-4-7-11-26)38(24-27-14-16-28(35)17-15-27)33(40)25-39(30-12-8-5-9-13-30)44(42,43)31-20-18-29(36)19-21-31/h4-21,32H,2-3,22-25H2,1H3,(H,37,41)/t32-/m0/s1. The predicted molar refractivity (Wildman–Crippen MR) is 174 cm³/mol. The quantitative estimate of drug-likeness (QED) is 0.158. The highest BCUT2D eigenvalue weighted by atomic mass is 79.9. The maximum Gasteiger partial charge on any atom is 0.264 e. The molecule has 0 saturated heterocycles. The Kier molecular flexibility index (Phi) is 11.7. The highest BCUT2D eigenvalue weighted by Crippen LogP contribution is 2.25. The predicted octanol–water partition coefficient (Wildman–Crippen LogP) is 6.34. The summed E-state index contributed by atoms with van der Waals surface area (Å²) in [5.41, 5.74) is 1.89. The van der Waals surface area contributed by atoms with Crippen LogP contribution in [0.2, 0.25) is 0 Å². The molecule has 2 amide bonds. The van der Waals surface area contributed by atoms with Gasteiger partial charge in [-0.1, -0.05) is 89.9 Å². The van der Waals surface area contributed by atoms with Gasteiger partial charge in [0.1, 0.15) is 18.4 Å². The lowest BCUT2D eigenvalue weighted by atomic mass is 10.0. The van der Waals surface area contributed by atoms with Crippen LogP contribution in [0.25, 0.3) is 0 Å². The first-order chi connectivity index (χ1) is 21.2. The zero-order valence-electron chi connectivity index (χ0n) is 24.4. The number of anilines is 1. The van der Waals surface area contributed by atoms with Gasteiger partial charge in [-0.05, 0) is 66.1 Å². The molecule has 1 N–H and O–H groups in total. The zero-order chi connectivity index (χ0) is 31.5. The van der Waals surface area contributed by atoms with E-state index in [-0.39, 0.29) is 29.5 Å². The number of nitrogens with one attached hydrogen (secondary N) is 1. The molecule has 0 radical (unpaired) electrons. The van der Waals surface area contributed by atoms with Gasteiger partial charge in [-0.3, -0.25) is 13.9 Å². The van der Waals surface area contributed by atoms with Crippen LogP contribution < -0.4 is 9.62 Å². The van der Waals surface area contributed by atoms with Crippen LogP contribution in [0.3, 0.4) is 0 Å². The molecule has 10 heteroatoms. The first-order valence-electron chi connectivity index (χ1n) is 14.4. The third-order valence-electron chi connectivity index (χ3n) is 7.09. The van der Waals surface area contributed by atoms with Gasteiger partial charge in [0.25, 0.3) is 10.0 Å². The molecule has 0 saturated carbocycles. The number of benzene rings is 4. The highest BCUT2D eigenvalue weighted by Gasteiger charge is 2.34. The van der Waals surface area contributed by atoms with Crippen LogP contribution >= 0.6 is 15.9 Å². The first kappa shape index (κ1) is 32.9. The van der Waals surface area contributed by atoms with Gasteiger partial charge < -0.3 is 10.2 Å². The van der Waals surface area contributed by atoms with Crippen molar-refractivity contribution in [2.75, 3.05) is 17.4 Å². The van der Waals surface area contributed by atoms with E-state index in [1.807, 2.05) is 61.5 Å². The van der Waals surface area contributed by atoms with Crippen LogP contribution in [0.4, 0.5) is 10.1 Å². The summed E-state index contributed by atoms with van der Waals surface area (Å²) >= 11 is 3.44. The summed E-state index contributed by atoms with van der Waals surface area (Å²) in [6.07, 6.45) is 1.90. The fourth-order valence-corrected chi connectivity index (χ4v) is 6.38. The molecular weight excluding hydrogens is 645 g/mol. The number of amides is 2. The number of unbranched alkanes of at least 4 members (excludes halogenated alkanes) is 1. The third kappa shape index (κ3) is 8.76. The number of hydrogen-bond donors (Lipinski definition) is 1. The number of rotatable bonds is 14. The van der Waals surface area contributed by atoms with Crippen molar-refractivity contribution in [1.82, 2.24) is 10.2 Å². The summed E-state index contributed by atoms with van der Waals surface area (Å²) in [4.78, 5) is 29.4. The summed E-state index contributed by atoms with van der Waals surface area (Å²) in [5, 5.41) is 2.97. The van der Waals surface area contributed by atoms with E-state index in [0.717, 1.165) is 44.9 Å². The number of sulfonamides is 1. The molecule has 0 spiro atoms. The van der Waals surface area contributed by atoms with Gasteiger partial charge in [-0.25, -0.2) is 12.8 Å². The Balaban J connectivity index is 1.76. The van der Waals surface area contributed by atoms with Gasteiger partial charge in [0.05, 0.1) is 10.6 Å². The Morgan fingerprint density at radius 3 is 2.07 bits per heavy atom. The van der Waals surface area contributed by atoms with E-state index in [1.54, 1.807) is 30.3 Å². The lowest BCUT2D eigenvalue weighted by molar-refractivity contribution is -0.140. The zero-order valence-corrected chi connectivity index (χ0v) is 26.8. The van der Waals surface area contributed by atoms with Gasteiger partial charge in [-0.2, -0.15) is 0 Å². The molecule has 0 aliphatic carbocycles. The normalized spacial score (nSPS) is 11.9. The molecule has 1 atom stereocenters. The molecule has 0 unspecified atom stereocenters. The summed E-state index contributed by atoms with van der Waals surface area (Å²) in [6.45, 7) is 1.98. The van der Waals surface area contributed by atoms with Crippen molar-refractivity contribution < 1.29 is 22.4 Å². The number of hydrogen-bond acceptors (Lipinski definition) is 4. The topological polar surface area (TPSA) is 86.8 Å². The van der Waals surface area contributed by atoms with Crippen molar-refractivity contribution in [1.29, 1.82) is 0 Å². The molecule has 4 aromatic carbocycles. The van der Waals surface area contributed by atoms with Crippen LogP contribution in [0.5, 0.6) is 0 Å². The average molecular weight is 681 g/mol. The van der Waals surface area contributed by atoms with E-state index < -0.39 is 34.3 Å². The van der Waals surface area contributed by atoms with E-state index >= 15 is 0 Å². The van der Waals surface area contributed by atoms with Crippen molar-refractivity contribution in [3.63, 3.8) is 0 Å². The maximum atomic E-state index is 14.4. The Morgan fingerprint density at radius 1 is 0.841 bits per heavy atom. The van der Waals surface area contributed by atoms with Gasteiger partial charge in [0, 0.05) is 24.0 Å². The Bertz CT molecular complexity index is 1620. The number of nitrogens with zero attached hydrogens (tertiary/aromatic N) is 2. The summed E-state index contributed by atoms with van der Waals surface area (Å²) < 4.78 is 43.4. The number of carbonyl (C=O) groups is 2. The third-order valence-corrected chi connectivity index (χ3v) is 9.41. The minimum Gasteiger partial charge on any atom is -0.354 e. The van der Waals surface area contributed by atoms with Crippen molar-refractivity contribution in [2.45, 2.75) is 43.7 Å². The van der Waals surface area contributed by atoms with Crippen LogP contribution in [0.15, 0.2) is 119 Å². The molecule has 4 aromatic rings. The lowest BCUT2D eigenvalue weighted by Crippen LogP contribution is -2.53. The molecule has 0 fully saturated rings. The van der Waals surface area contributed by atoms with Gasteiger partial charge in [-0.15, -0.1) is 0 Å². The van der Waals surface area contributed by atoms with Crippen LogP contribution in [-0.2, 0) is 32.6 Å². The highest BCUT2D eigenvalue weighted by molar-refractivity contribution is 9.10. The van der Waals surface area contributed by atoms with Gasteiger partial charge >= 0.3 is 0 Å². The fraction of sp³-hybridized carbons (Fsp3) is 0.235. The Labute approximate surface area is 266 Å². The lowest BCUT2D eigenvalue weighted by Gasteiger charge is -2.34. The second-order valence-electron chi connectivity index (χ2n) is 10.3. The van der Waals surface area contributed by atoms with Crippen molar-refractivity contribution in [3.05, 3.63) is 131 Å². The second kappa shape index (κ2) is 15.6. The fourth-order valence-electron chi connectivity index (χ4n) is 4.70. The van der Waals surface area contributed by atoms with E-state index in [2.05, 4.69) is 21.2 Å². The van der Waals surface area contributed by atoms with E-state index in [4.69, 9.17) is 0 Å². The van der Waals surface area contributed by atoms with Gasteiger partial charge in [0.2, 0.25) is 11.8 Å². The van der Waals surface area contributed by atoms with Crippen LogP contribution in [0.1, 0.15) is 30.9 Å². The number of carbonyl (C=O) groups excluding carboxylic acids is 2. The first-order valence-corrected chi connectivity index (χ1v) is 16.6. The van der Waals surface area contributed by atoms with Crippen LogP contribution in [0, 0.1) is 5.82 Å². The Hall–Kier alpha value is -4.02. The molecule has 4 rings (SSSR count). The molecule has 0 aliphatic heterocycles. The molecule has 0 bridgehead atoms. The number of para-hydroxylation sites is 1. The largest absolute Gasteiger partial charge is 0.354 e. The number of halogens is 2. The molecule has 0 aromatic heterocycles. The molecule has 0 heterocycles. The van der Waals surface area contributed by atoms with E-state index in [9.17, 15) is 22.4 Å². The molecular formula is C34H35BrFN3O4S. The Morgan fingerprint density at radius 2 is 1.45 bits per heavy atom. The molecule has 44 heavy (non-hydrogen) atoms. The van der Waals surface area contributed by atoms with Gasteiger partial charge in [0.15, 0.2) is 0 Å². The van der Waals surface area contributed by atoms with E-state index in [1.165, 1.54) is 17.0 Å².